The number of ether oxygens (including phenoxy) is 1. The molecule has 0 fully saturated rings. The lowest BCUT2D eigenvalue weighted by Gasteiger charge is -1.92. The lowest BCUT2D eigenvalue weighted by molar-refractivity contribution is -0.133. The van der Waals surface area contributed by atoms with Gasteiger partial charge in [0.2, 0.25) is 0 Å². The van der Waals surface area contributed by atoms with Crippen LogP contribution in [0.3, 0.4) is 0 Å². The van der Waals surface area contributed by atoms with Crippen molar-refractivity contribution in [2.45, 2.75) is 14.4 Å². The van der Waals surface area contributed by atoms with Gasteiger partial charge in [0, 0.05) is 5.57 Å². The largest absolute Gasteiger partial charge is 0.432 e. The first-order chi connectivity index (χ1) is 3.68. The highest BCUT2D eigenvalue weighted by molar-refractivity contribution is 5.87. The highest BCUT2D eigenvalue weighted by Crippen LogP contribution is 1.90. The van der Waals surface area contributed by atoms with E-state index < -0.39 is 5.97 Å². The maximum atomic E-state index is 10.3. The Morgan fingerprint density at radius 2 is 2.11 bits per heavy atom. The molecule has 0 amide bonds. The van der Waals surface area contributed by atoms with E-state index >= 15 is 0 Å². The minimum absolute atomic E-state index is 0. The topological polar surface area (TPSA) is 26.3 Å². The molecule has 0 radical (unpaired) electrons. The summed E-state index contributed by atoms with van der Waals surface area (Å²) in [4.78, 5) is 10.3. The van der Waals surface area contributed by atoms with Crippen LogP contribution in [0, 0.1) is 0 Å². The van der Waals surface area contributed by atoms with E-state index in [1.807, 2.05) is 0 Å². The van der Waals surface area contributed by atoms with Crippen molar-refractivity contribution in [2.24, 2.45) is 0 Å². The van der Waals surface area contributed by atoms with E-state index in [2.05, 4.69) is 17.9 Å². The molecule has 0 saturated heterocycles. The van der Waals surface area contributed by atoms with Crippen molar-refractivity contribution >= 4 is 5.97 Å². The van der Waals surface area contributed by atoms with Gasteiger partial charge in [0.15, 0.2) is 0 Å². The summed E-state index contributed by atoms with van der Waals surface area (Å²) in [5.74, 6) is -0.431. The predicted molar refractivity (Wildman–Crippen MR) is 37.8 cm³/mol. The SMILES string of the molecule is C.C=COC(=O)C(=C)C. The standard InChI is InChI=1S/C6H8O2.CH4/c1-4-8-6(7)5(2)3;/h4H,1-2H2,3H3;1H4. The van der Waals surface area contributed by atoms with Crippen LogP contribution in [0.1, 0.15) is 14.4 Å². The molecule has 0 atom stereocenters. The van der Waals surface area contributed by atoms with Crippen LogP contribution < -0.4 is 0 Å². The zero-order valence-electron chi connectivity index (χ0n) is 4.81. The number of carbonyl (C=O) groups excluding carboxylic acids is 1. The van der Waals surface area contributed by atoms with Gasteiger partial charge >= 0.3 is 5.97 Å². The van der Waals surface area contributed by atoms with Crippen molar-refractivity contribution in [1.29, 1.82) is 0 Å². The predicted octanol–water partition coefficient (Wildman–Crippen LogP) is 1.89. The molecule has 0 N–H and O–H groups in total. The van der Waals surface area contributed by atoms with Gasteiger partial charge in [0.25, 0.3) is 0 Å². The first-order valence-corrected chi connectivity index (χ1v) is 2.16. The third-order valence-corrected chi connectivity index (χ3v) is 0.539. The summed E-state index contributed by atoms with van der Waals surface area (Å²) in [6.07, 6.45) is 1.08. The monoisotopic (exact) mass is 128 g/mol. The quantitative estimate of drug-likeness (QED) is 0.322. The van der Waals surface area contributed by atoms with Crippen LogP contribution >= 0.6 is 0 Å². The van der Waals surface area contributed by atoms with E-state index in [1.54, 1.807) is 6.92 Å². The van der Waals surface area contributed by atoms with E-state index in [4.69, 9.17) is 0 Å². The minimum Gasteiger partial charge on any atom is -0.432 e. The molecule has 0 bridgehead atoms. The third-order valence-electron chi connectivity index (χ3n) is 0.539. The lowest BCUT2D eigenvalue weighted by atomic mass is 10.4. The zero-order valence-corrected chi connectivity index (χ0v) is 4.81. The molecule has 52 valence electrons. The molecular weight excluding hydrogens is 116 g/mol. The number of carbonyl (C=O) groups is 1. The summed E-state index contributed by atoms with van der Waals surface area (Å²) in [6, 6.07) is 0. The summed E-state index contributed by atoms with van der Waals surface area (Å²) < 4.78 is 4.33. The van der Waals surface area contributed by atoms with Gasteiger partial charge in [-0.2, -0.15) is 0 Å². The van der Waals surface area contributed by atoms with E-state index in [0.717, 1.165) is 6.26 Å². The van der Waals surface area contributed by atoms with Gasteiger partial charge in [-0.05, 0) is 6.92 Å². The fourth-order valence-corrected chi connectivity index (χ4v) is 0.176. The first-order valence-electron chi connectivity index (χ1n) is 2.16. The smallest absolute Gasteiger partial charge is 0.337 e. The van der Waals surface area contributed by atoms with Crippen molar-refractivity contribution in [3.8, 4) is 0 Å². The second kappa shape index (κ2) is 5.09. The fraction of sp³-hybridized carbons (Fsp3) is 0.286. The van der Waals surface area contributed by atoms with Crippen LogP contribution in [0.5, 0.6) is 0 Å². The average Bonchev–Trinajstić information content (AvgIpc) is 1.67. The summed E-state index contributed by atoms with van der Waals surface area (Å²) >= 11 is 0. The molecule has 0 aromatic heterocycles. The summed E-state index contributed by atoms with van der Waals surface area (Å²) in [6.45, 7) is 8.13. The van der Waals surface area contributed by atoms with E-state index in [0.29, 0.717) is 5.57 Å². The molecule has 2 nitrogen and oxygen atoms in total. The van der Waals surface area contributed by atoms with Gasteiger partial charge in [-0.1, -0.05) is 20.6 Å². The van der Waals surface area contributed by atoms with Crippen LogP contribution in [-0.2, 0) is 9.53 Å². The zero-order chi connectivity index (χ0) is 6.57. The van der Waals surface area contributed by atoms with Crippen molar-refractivity contribution in [2.75, 3.05) is 0 Å². The Morgan fingerprint density at radius 1 is 1.67 bits per heavy atom. The number of hydrogen-bond acceptors (Lipinski definition) is 2. The van der Waals surface area contributed by atoms with Crippen molar-refractivity contribution in [1.82, 2.24) is 0 Å². The number of hydrogen-bond donors (Lipinski definition) is 0. The molecule has 0 aromatic carbocycles. The van der Waals surface area contributed by atoms with E-state index in [9.17, 15) is 4.79 Å². The number of rotatable bonds is 2. The van der Waals surface area contributed by atoms with Gasteiger partial charge in [0.1, 0.15) is 0 Å². The Hall–Kier alpha value is -1.05. The Morgan fingerprint density at radius 3 is 2.22 bits per heavy atom. The van der Waals surface area contributed by atoms with Gasteiger partial charge in [-0.25, -0.2) is 4.79 Å². The number of esters is 1. The minimum atomic E-state index is -0.431. The molecular formula is C7H12O2. The van der Waals surface area contributed by atoms with E-state index in [1.165, 1.54) is 0 Å². The molecule has 0 spiro atoms. The molecule has 0 unspecified atom stereocenters. The summed E-state index contributed by atoms with van der Waals surface area (Å²) in [5.41, 5.74) is 0.380. The average molecular weight is 128 g/mol. The molecule has 0 heterocycles. The van der Waals surface area contributed by atoms with Crippen LogP contribution in [-0.4, -0.2) is 5.97 Å². The fourth-order valence-electron chi connectivity index (χ4n) is 0.176. The Kier molecular flexibility index (Phi) is 6.14. The van der Waals surface area contributed by atoms with E-state index in [-0.39, 0.29) is 7.43 Å². The molecule has 2 heteroatoms. The molecule has 0 aliphatic carbocycles. The van der Waals surface area contributed by atoms with Crippen LogP contribution in [0.4, 0.5) is 0 Å². The molecule has 0 aliphatic heterocycles. The van der Waals surface area contributed by atoms with Crippen molar-refractivity contribution in [3.63, 3.8) is 0 Å². The summed E-state index contributed by atoms with van der Waals surface area (Å²) in [7, 11) is 0. The molecule has 0 rings (SSSR count). The first kappa shape index (κ1) is 10.8. The maximum absolute atomic E-state index is 10.3. The Balaban J connectivity index is 0. The Bertz CT molecular complexity index is 125. The molecule has 0 saturated carbocycles. The van der Waals surface area contributed by atoms with Gasteiger partial charge in [0.05, 0.1) is 6.26 Å². The van der Waals surface area contributed by atoms with Crippen LogP contribution in [0.25, 0.3) is 0 Å². The van der Waals surface area contributed by atoms with Crippen LogP contribution in [0.2, 0.25) is 0 Å². The molecule has 0 aliphatic rings. The van der Waals surface area contributed by atoms with Gasteiger partial charge < -0.3 is 4.74 Å². The lowest BCUT2D eigenvalue weighted by Crippen LogP contribution is -1.98. The highest BCUT2D eigenvalue weighted by Gasteiger charge is 1.97. The van der Waals surface area contributed by atoms with Crippen molar-refractivity contribution in [3.05, 3.63) is 25.0 Å². The maximum Gasteiger partial charge on any atom is 0.337 e. The normalized spacial score (nSPS) is 6.78. The van der Waals surface area contributed by atoms with Crippen molar-refractivity contribution < 1.29 is 9.53 Å². The molecule has 0 aromatic rings. The molecule has 9 heavy (non-hydrogen) atoms. The third kappa shape index (κ3) is 4.81. The van der Waals surface area contributed by atoms with Gasteiger partial charge in [-0.3, -0.25) is 0 Å². The Labute approximate surface area is 55.8 Å². The van der Waals surface area contributed by atoms with Crippen LogP contribution in [0.15, 0.2) is 25.0 Å². The second-order valence-electron chi connectivity index (χ2n) is 1.35. The highest BCUT2D eigenvalue weighted by atomic mass is 16.5. The van der Waals surface area contributed by atoms with Gasteiger partial charge in [-0.15, -0.1) is 0 Å². The summed E-state index contributed by atoms with van der Waals surface area (Å²) in [5, 5.41) is 0. The second-order valence-corrected chi connectivity index (χ2v) is 1.35.